The number of hydrogen-bond acceptors (Lipinski definition) is 3. The Morgan fingerprint density at radius 3 is 1.72 bits per heavy atom. The van der Waals surface area contributed by atoms with E-state index in [9.17, 15) is 0 Å². The average Bonchev–Trinajstić information content (AvgIpc) is 3.78. The maximum atomic E-state index is 6.79. The van der Waals surface area contributed by atoms with E-state index in [2.05, 4.69) is 155 Å². The summed E-state index contributed by atoms with van der Waals surface area (Å²) in [5.74, 6) is 1.32. The minimum Gasteiger partial charge on any atom is -0.450 e. The number of fused-ring (bicyclic) bond motifs is 12. The maximum absolute atomic E-state index is 6.79. The van der Waals surface area contributed by atoms with E-state index in [0.29, 0.717) is 17.3 Å². The quantitative estimate of drug-likeness (QED) is 0.198. The molecule has 0 radical (unpaired) electrons. The number of hydrogen-bond donors (Lipinski definition) is 0. The van der Waals surface area contributed by atoms with Crippen molar-refractivity contribution in [1.82, 2.24) is 19.1 Å². The summed E-state index contributed by atoms with van der Waals surface area (Å²) in [6.45, 7) is 0. The molecule has 47 heavy (non-hydrogen) atoms. The van der Waals surface area contributed by atoms with Gasteiger partial charge in [0.15, 0.2) is 11.4 Å². The molecule has 0 aliphatic rings. The van der Waals surface area contributed by atoms with Gasteiger partial charge in [-0.15, -0.1) is 0 Å². The summed E-state index contributed by atoms with van der Waals surface area (Å²) in [5.41, 5.74) is 6.51. The van der Waals surface area contributed by atoms with Gasteiger partial charge in [0.1, 0.15) is 11.1 Å². The Morgan fingerprint density at radius 1 is 0.426 bits per heavy atom. The molecule has 11 aromatic rings. The predicted octanol–water partition coefficient (Wildman–Crippen LogP) is 10.9. The van der Waals surface area contributed by atoms with Gasteiger partial charge in [0.25, 0.3) is 0 Å². The van der Waals surface area contributed by atoms with Crippen LogP contribution in [0, 0.1) is 0 Å². The Morgan fingerprint density at radius 2 is 1.00 bits per heavy atom. The third kappa shape index (κ3) is 3.32. The van der Waals surface area contributed by atoms with Crippen LogP contribution in [0.5, 0.6) is 0 Å². The predicted molar refractivity (Wildman–Crippen MR) is 193 cm³/mol. The topological polar surface area (TPSA) is 48.8 Å². The van der Waals surface area contributed by atoms with Crippen LogP contribution in [-0.4, -0.2) is 19.1 Å². The zero-order valence-corrected chi connectivity index (χ0v) is 25.1. The van der Waals surface area contributed by atoms with Crippen LogP contribution in [0.1, 0.15) is 0 Å². The lowest BCUT2D eigenvalue weighted by atomic mass is 10.0. The van der Waals surface area contributed by atoms with Gasteiger partial charge < -0.3 is 4.42 Å². The van der Waals surface area contributed by atoms with Crippen molar-refractivity contribution in [3.63, 3.8) is 0 Å². The van der Waals surface area contributed by atoms with Gasteiger partial charge in [-0.2, -0.15) is 4.98 Å². The zero-order valence-electron chi connectivity index (χ0n) is 25.1. The van der Waals surface area contributed by atoms with Gasteiger partial charge in [0, 0.05) is 26.9 Å². The average molecular weight is 601 g/mol. The zero-order chi connectivity index (χ0) is 30.6. The van der Waals surface area contributed by atoms with E-state index in [1.807, 2.05) is 0 Å². The number of nitrogens with zero attached hydrogens (tertiary/aromatic N) is 4. The fourth-order valence-electron chi connectivity index (χ4n) is 7.66. The highest BCUT2D eigenvalue weighted by molar-refractivity contribution is 6.22. The SMILES string of the molecule is c1ccc2cc3c(cc2c1)oc1c(-n2c4ccccc4c4c5ccccc5ccc42)nc(-n2c4ccccc4c4ccccc42)nc13. The molecule has 5 nitrogen and oxygen atoms in total. The third-order valence-corrected chi connectivity index (χ3v) is 9.71. The fourth-order valence-corrected chi connectivity index (χ4v) is 7.66. The lowest BCUT2D eigenvalue weighted by Gasteiger charge is -2.12. The molecule has 218 valence electrons. The van der Waals surface area contributed by atoms with Crippen molar-refractivity contribution in [1.29, 1.82) is 0 Å². The van der Waals surface area contributed by atoms with Crippen LogP contribution in [0.15, 0.2) is 150 Å². The van der Waals surface area contributed by atoms with Crippen molar-refractivity contribution in [3.05, 3.63) is 146 Å². The number of para-hydroxylation sites is 3. The molecule has 0 saturated heterocycles. The van der Waals surface area contributed by atoms with Crippen molar-refractivity contribution in [2.45, 2.75) is 0 Å². The van der Waals surface area contributed by atoms with Crippen molar-refractivity contribution in [2.75, 3.05) is 0 Å². The normalized spacial score (nSPS) is 12.3. The van der Waals surface area contributed by atoms with E-state index in [0.717, 1.165) is 49.3 Å². The van der Waals surface area contributed by atoms with Crippen LogP contribution in [0.4, 0.5) is 0 Å². The van der Waals surface area contributed by atoms with Crippen LogP contribution >= 0.6 is 0 Å². The Kier molecular flexibility index (Phi) is 4.78. The second-order valence-corrected chi connectivity index (χ2v) is 12.2. The first kappa shape index (κ1) is 24.8. The lowest BCUT2D eigenvalue weighted by Crippen LogP contribution is -2.06. The third-order valence-electron chi connectivity index (χ3n) is 9.71. The van der Waals surface area contributed by atoms with Gasteiger partial charge in [-0.25, -0.2) is 4.98 Å². The molecule has 11 rings (SSSR count). The molecule has 4 heterocycles. The highest BCUT2D eigenvalue weighted by Gasteiger charge is 2.24. The first-order chi connectivity index (χ1) is 23.3. The molecule has 4 aromatic heterocycles. The van der Waals surface area contributed by atoms with Crippen molar-refractivity contribution in [2.24, 2.45) is 0 Å². The molecular formula is C42H24N4O. The highest BCUT2D eigenvalue weighted by atomic mass is 16.3. The van der Waals surface area contributed by atoms with E-state index in [1.165, 1.54) is 32.3 Å². The molecule has 0 bridgehead atoms. The Hall–Kier alpha value is -6.46. The van der Waals surface area contributed by atoms with Gasteiger partial charge in [-0.1, -0.05) is 109 Å². The molecule has 5 heteroatoms. The Labute approximate surface area is 267 Å². The molecule has 0 aliphatic heterocycles. The van der Waals surface area contributed by atoms with E-state index < -0.39 is 0 Å². The molecule has 0 spiro atoms. The van der Waals surface area contributed by atoms with E-state index in [4.69, 9.17) is 14.4 Å². The van der Waals surface area contributed by atoms with E-state index in [1.54, 1.807) is 0 Å². The minimum atomic E-state index is 0.604. The molecule has 0 N–H and O–H groups in total. The molecular weight excluding hydrogens is 576 g/mol. The number of aromatic nitrogens is 4. The molecule has 0 fully saturated rings. The smallest absolute Gasteiger partial charge is 0.237 e. The summed E-state index contributed by atoms with van der Waals surface area (Å²) in [6.07, 6.45) is 0. The van der Waals surface area contributed by atoms with Crippen molar-refractivity contribution >= 4 is 87.2 Å². The van der Waals surface area contributed by atoms with Crippen LogP contribution < -0.4 is 0 Å². The van der Waals surface area contributed by atoms with Crippen molar-refractivity contribution in [3.8, 4) is 11.8 Å². The number of benzene rings is 7. The first-order valence-electron chi connectivity index (χ1n) is 15.8. The van der Waals surface area contributed by atoms with E-state index >= 15 is 0 Å². The van der Waals surface area contributed by atoms with Gasteiger partial charge >= 0.3 is 0 Å². The summed E-state index contributed by atoms with van der Waals surface area (Å²) in [7, 11) is 0. The van der Waals surface area contributed by atoms with Crippen LogP contribution in [0.3, 0.4) is 0 Å². The second kappa shape index (κ2) is 9.05. The largest absolute Gasteiger partial charge is 0.450 e. The van der Waals surface area contributed by atoms with Gasteiger partial charge in [-0.3, -0.25) is 9.13 Å². The summed E-state index contributed by atoms with van der Waals surface area (Å²) in [6, 6.07) is 51.3. The monoisotopic (exact) mass is 600 g/mol. The summed E-state index contributed by atoms with van der Waals surface area (Å²) in [5, 5.41) is 10.4. The molecule has 0 amide bonds. The fraction of sp³-hybridized carbons (Fsp3) is 0. The standard InChI is InChI=1S/C42H24N4O/c1-2-13-27-24-37-32(23-26(27)12-1)39-40(47-37)41(44-42(43-39)46-33-18-8-5-15-29(33)30-16-6-9-19-34(30)46)45-35-20-10-7-17-31(35)38-28-14-4-3-11-25(28)21-22-36(38)45/h1-24H. The van der Waals surface area contributed by atoms with Gasteiger partial charge in [0.2, 0.25) is 5.95 Å². The molecule has 0 saturated carbocycles. The first-order valence-corrected chi connectivity index (χ1v) is 15.8. The van der Waals surface area contributed by atoms with Crippen LogP contribution in [0.2, 0.25) is 0 Å². The van der Waals surface area contributed by atoms with Crippen LogP contribution in [-0.2, 0) is 0 Å². The highest BCUT2D eigenvalue weighted by Crippen LogP contribution is 2.41. The second-order valence-electron chi connectivity index (χ2n) is 12.2. The Bertz CT molecular complexity index is 3030. The van der Waals surface area contributed by atoms with E-state index in [-0.39, 0.29) is 0 Å². The van der Waals surface area contributed by atoms with Crippen molar-refractivity contribution < 1.29 is 4.42 Å². The van der Waals surface area contributed by atoms with Gasteiger partial charge in [-0.05, 0) is 57.9 Å². The lowest BCUT2D eigenvalue weighted by molar-refractivity contribution is 0.662. The number of rotatable bonds is 2. The molecule has 7 aromatic carbocycles. The summed E-state index contributed by atoms with van der Waals surface area (Å²) < 4.78 is 11.2. The molecule has 0 atom stereocenters. The maximum Gasteiger partial charge on any atom is 0.237 e. The summed E-state index contributed by atoms with van der Waals surface area (Å²) in [4.78, 5) is 10.8. The number of furan rings is 1. The summed E-state index contributed by atoms with van der Waals surface area (Å²) >= 11 is 0. The van der Waals surface area contributed by atoms with Gasteiger partial charge in [0.05, 0.1) is 22.1 Å². The molecule has 0 unspecified atom stereocenters. The molecule has 0 aliphatic carbocycles. The van der Waals surface area contributed by atoms with Crippen LogP contribution in [0.25, 0.3) is 99.0 Å². The Balaban J connectivity index is 1.35. The minimum absolute atomic E-state index is 0.604.